The van der Waals surface area contributed by atoms with E-state index in [1.807, 2.05) is 0 Å². The summed E-state index contributed by atoms with van der Waals surface area (Å²) in [7, 11) is 0. The number of imidazole rings is 1. The van der Waals surface area contributed by atoms with E-state index >= 15 is 0 Å². The van der Waals surface area contributed by atoms with E-state index in [-0.39, 0.29) is 19.0 Å². The van der Waals surface area contributed by atoms with E-state index in [2.05, 4.69) is 21.0 Å². The molecule has 14 nitrogen and oxygen atoms in total. The third-order valence-electron chi connectivity index (χ3n) is 3.22. The van der Waals surface area contributed by atoms with Crippen molar-refractivity contribution in [1.29, 1.82) is 0 Å². The van der Waals surface area contributed by atoms with Crippen LogP contribution in [-0.2, 0) is 25.6 Å². The van der Waals surface area contributed by atoms with Gasteiger partial charge in [0, 0.05) is 12.6 Å². The van der Waals surface area contributed by atoms with Crippen LogP contribution in [0.4, 0.5) is 0 Å². The largest absolute Gasteiger partial charge is 0.480 e. The summed E-state index contributed by atoms with van der Waals surface area (Å²) in [6, 6.07) is -1.86. The van der Waals surface area contributed by atoms with Crippen molar-refractivity contribution in [3.05, 3.63) is 18.2 Å². The van der Waals surface area contributed by atoms with Crippen LogP contribution in [0.15, 0.2) is 12.5 Å². The number of nitrogens with zero attached hydrogens (tertiary/aromatic N) is 1. The molecular weight excluding hydrogens is 404 g/mol. The maximum Gasteiger partial charge on any atom is 0.320 e. The fourth-order valence-corrected chi connectivity index (χ4v) is 1.61. The molecule has 0 amide bonds. The molecule has 1 aliphatic heterocycles. The third kappa shape index (κ3) is 17.1. The Labute approximate surface area is 172 Å². The van der Waals surface area contributed by atoms with Crippen molar-refractivity contribution < 1.29 is 39.6 Å². The highest BCUT2D eigenvalue weighted by Gasteiger charge is 2.20. The van der Waals surface area contributed by atoms with Crippen molar-refractivity contribution in [3.63, 3.8) is 0 Å². The minimum atomic E-state index is -1.01. The molecule has 172 valence electrons. The number of aliphatic carboxylic acids is 4. The van der Waals surface area contributed by atoms with Crippen LogP contribution >= 0.6 is 0 Å². The smallest absolute Gasteiger partial charge is 0.320 e. The molecule has 3 atom stereocenters. The lowest BCUT2D eigenvalue weighted by Crippen LogP contribution is -2.32. The Morgan fingerprint density at radius 2 is 1.70 bits per heavy atom. The van der Waals surface area contributed by atoms with E-state index in [0.29, 0.717) is 5.69 Å². The number of carbonyl (C=O) groups is 4. The Morgan fingerprint density at radius 1 is 1.17 bits per heavy atom. The maximum absolute atomic E-state index is 10.3. The molecule has 0 aromatic carbocycles. The molecule has 2 rings (SSSR count). The van der Waals surface area contributed by atoms with Crippen LogP contribution in [0, 0.1) is 0 Å². The number of nitrogens with one attached hydrogen (secondary N) is 2. The zero-order chi connectivity index (χ0) is 23.7. The SMILES string of the molecule is C[C@H](N)C(=O)O.NCC(=O)O.N[C@@H](Cc1c[nH]cn1)C(=O)O.O=C(O)[C@@H]1CCCN1. The zero-order valence-corrected chi connectivity index (χ0v) is 16.5. The predicted molar refractivity (Wildman–Crippen MR) is 105 cm³/mol. The summed E-state index contributed by atoms with van der Waals surface area (Å²) in [6.45, 7) is 2.00. The Morgan fingerprint density at radius 3 is 1.93 bits per heavy atom. The molecule has 1 aromatic heterocycles. The lowest BCUT2D eigenvalue weighted by Gasteiger charge is -2.01. The van der Waals surface area contributed by atoms with Crippen LogP contribution in [0.2, 0.25) is 0 Å². The van der Waals surface area contributed by atoms with Gasteiger partial charge < -0.3 is 47.9 Å². The summed E-state index contributed by atoms with van der Waals surface area (Å²) in [5.41, 5.74) is 15.3. The first-order chi connectivity index (χ1) is 13.9. The minimum Gasteiger partial charge on any atom is -0.480 e. The number of hydrogen-bond donors (Lipinski definition) is 9. The van der Waals surface area contributed by atoms with E-state index in [4.69, 9.17) is 31.9 Å². The molecule has 0 bridgehead atoms. The minimum absolute atomic E-state index is 0.263. The summed E-state index contributed by atoms with van der Waals surface area (Å²) in [4.78, 5) is 45.8. The van der Waals surface area contributed by atoms with E-state index in [9.17, 15) is 19.2 Å². The maximum atomic E-state index is 10.3. The van der Waals surface area contributed by atoms with E-state index in [1.54, 1.807) is 6.20 Å². The van der Waals surface area contributed by atoms with Crippen molar-refractivity contribution in [1.82, 2.24) is 15.3 Å². The van der Waals surface area contributed by atoms with Crippen LogP contribution < -0.4 is 22.5 Å². The van der Waals surface area contributed by atoms with Crippen LogP contribution in [0.25, 0.3) is 0 Å². The summed E-state index contributed by atoms with van der Waals surface area (Å²) in [5, 5.41) is 35.1. The number of nitrogens with two attached hydrogens (primary N) is 3. The molecule has 1 saturated heterocycles. The average Bonchev–Trinajstić information content (AvgIpc) is 3.37. The van der Waals surface area contributed by atoms with Crippen molar-refractivity contribution in [3.8, 4) is 0 Å². The van der Waals surface area contributed by atoms with E-state index in [0.717, 1.165) is 19.4 Å². The lowest BCUT2D eigenvalue weighted by molar-refractivity contribution is -0.139. The molecule has 2 heterocycles. The third-order valence-corrected chi connectivity index (χ3v) is 3.22. The second kappa shape index (κ2) is 16.8. The topological polar surface area (TPSA) is 268 Å². The molecule has 1 aliphatic rings. The number of rotatable bonds is 6. The van der Waals surface area contributed by atoms with Gasteiger partial charge in [0.1, 0.15) is 18.1 Å². The predicted octanol–water partition coefficient (Wildman–Crippen LogP) is -2.36. The van der Waals surface area contributed by atoms with Gasteiger partial charge in [-0.05, 0) is 26.3 Å². The van der Waals surface area contributed by atoms with Gasteiger partial charge in [-0.15, -0.1) is 0 Å². The van der Waals surface area contributed by atoms with Crippen molar-refractivity contribution in [2.45, 2.75) is 44.3 Å². The van der Waals surface area contributed by atoms with E-state index in [1.165, 1.54) is 13.3 Å². The van der Waals surface area contributed by atoms with Gasteiger partial charge in [-0.3, -0.25) is 19.2 Å². The highest BCUT2D eigenvalue weighted by atomic mass is 16.4. The molecule has 30 heavy (non-hydrogen) atoms. The first kappa shape index (κ1) is 29.1. The second-order valence-electron chi connectivity index (χ2n) is 5.92. The molecule has 1 fully saturated rings. The summed E-state index contributed by atoms with van der Waals surface area (Å²) in [5.74, 6) is -3.66. The van der Waals surface area contributed by atoms with Crippen molar-refractivity contribution in [2.24, 2.45) is 17.2 Å². The van der Waals surface area contributed by atoms with Gasteiger partial charge in [-0.1, -0.05) is 0 Å². The molecule has 1 aromatic rings. The van der Waals surface area contributed by atoms with Gasteiger partial charge in [0.15, 0.2) is 0 Å². The fraction of sp³-hybridized carbons (Fsp3) is 0.562. The summed E-state index contributed by atoms with van der Waals surface area (Å²) >= 11 is 0. The number of aromatic nitrogens is 2. The van der Waals surface area contributed by atoms with Gasteiger partial charge in [0.05, 0.1) is 18.6 Å². The fourth-order valence-electron chi connectivity index (χ4n) is 1.61. The Kier molecular flexibility index (Phi) is 16.4. The molecule has 0 spiro atoms. The van der Waals surface area contributed by atoms with Crippen LogP contribution in [0.5, 0.6) is 0 Å². The van der Waals surface area contributed by atoms with Crippen molar-refractivity contribution in [2.75, 3.05) is 13.1 Å². The van der Waals surface area contributed by atoms with E-state index < -0.39 is 36.0 Å². The normalized spacial score (nSPS) is 16.2. The van der Waals surface area contributed by atoms with Gasteiger partial charge in [-0.2, -0.15) is 0 Å². The van der Waals surface area contributed by atoms with Crippen molar-refractivity contribution >= 4 is 23.9 Å². The number of carboxylic acid groups (broad SMARTS) is 4. The quantitative estimate of drug-likeness (QED) is 0.227. The first-order valence-electron chi connectivity index (χ1n) is 8.74. The lowest BCUT2D eigenvalue weighted by atomic mass is 10.2. The number of H-pyrrole nitrogens is 1. The molecule has 12 N–H and O–H groups in total. The average molecular weight is 434 g/mol. The Balaban J connectivity index is 0. The Hall–Kier alpha value is -3.07. The molecule has 0 saturated carbocycles. The van der Waals surface area contributed by atoms with Crippen LogP contribution in [-0.4, -0.2) is 85.5 Å². The van der Waals surface area contributed by atoms with Crippen LogP contribution in [0.3, 0.4) is 0 Å². The first-order valence-corrected chi connectivity index (χ1v) is 8.74. The second-order valence-corrected chi connectivity index (χ2v) is 5.92. The number of carboxylic acids is 4. The monoisotopic (exact) mass is 434 g/mol. The highest BCUT2D eigenvalue weighted by molar-refractivity contribution is 5.74. The number of hydrogen-bond acceptors (Lipinski definition) is 9. The molecular formula is C16H30N6O8. The van der Waals surface area contributed by atoms with Crippen LogP contribution in [0.1, 0.15) is 25.5 Å². The van der Waals surface area contributed by atoms with Gasteiger partial charge >= 0.3 is 23.9 Å². The zero-order valence-electron chi connectivity index (χ0n) is 16.5. The number of aromatic amines is 1. The molecule has 14 heteroatoms. The summed E-state index contributed by atoms with van der Waals surface area (Å²) < 4.78 is 0. The highest BCUT2D eigenvalue weighted by Crippen LogP contribution is 2.03. The Bertz CT molecular complexity index is 632. The molecule has 0 unspecified atom stereocenters. The van der Waals surface area contributed by atoms with Gasteiger partial charge in [0.25, 0.3) is 0 Å². The van der Waals surface area contributed by atoms with Gasteiger partial charge in [-0.25, -0.2) is 4.98 Å². The molecule has 0 radical (unpaired) electrons. The summed E-state index contributed by atoms with van der Waals surface area (Å²) in [6.07, 6.45) is 5.16. The van der Waals surface area contributed by atoms with Gasteiger partial charge in [0.2, 0.25) is 0 Å². The standard InChI is InChI=1S/C6H9N3O2.C5H9NO2.C3H7NO2.C2H5NO2/c7-5(6(10)11)1-4-2-8-3-9-4;7-5(8)4-2-1-3-6-4;1-2(4)3(5)6;3-1-2(4)5/h2-3,5H,1,7H2,(H,8,9)(H,10,11);4,6H,1-3H2,(H,7,8);2H,4H2,1H3,(H,5,6);1,3H2,(H,4,5)/t5-;4-;2-;/m000./s1. The molecule has 0 aliphatic carbocycles.